The molecule has 0 aromatic heterocycles. The Kier molecular flexibility index (Phi) is 5.58. The Bertz CT molecular complexity index is 638. The summed E-state index contributed by atoms with van der Waals surface area (Å²) in [5, 5.41) is 0. The molecule has 0 spiro atoms. The summed E-state index contributed by atoms with van der Waals surface area (Å²) in [5.41, 5.74) is 0. The third-order valence-electron chi connectivity index (χ3n) is 6.83. The standard InChI is InChI=1S/C22H31NO4/c1-25-18-7-4-15(5-8-18)22(24)23-17-6-3-16(13-17)21(23)14-27-20-11-9-19(26-2)10-12-20/h9-12,15-18,21H,3-8,13-14H2,1-2H3/t15?,16-,17-,18?,21+/m1/s1. The summed E-state index contributed by atoms with van der Waals surface area (Å²) in [5.74, 6) is 2.78. The fraction of sp³-hybridized carbons (Fsp3) is 0.682. The lowest BCUT2D eigenvalue weighted by Gasteiger charge is -2.39. The van der Waals surface area contributed by atoms with Crippen molar-refractivity contribution in [3.8, 4) is 11.5 Å². The molecule has 1 saturated heterocycles. The minimum absolute atomic E-state index is 0.166. The van der Waals surface area contributed by atoms with Gasteiger partial charge in [-0.15, -0.1) is 0 Å². The number of nitrogens with zero attached hydrogens (tertiary/aromatic N) is 1. The SMILES string of the molecule is COc1ccc(OC[C@H]2[C@@H]3CC[C@H](C3)N2C(=O)C2CCC(OC)CC2)cc1. The average molecular weight is 373 g/mol. The molecule has 3 atom stereocenters. The lowest BCUT2D eigenvalue weighted by atomic mass is 9.85. The summed E-state index contributed by atoms with van der Waals surface area (Å²) < 4.78 is 16.7. The molecule has 3 aliphatic rings. The van der Waals surface area contributed by atoms with E-state index in [1.54, 1.807) is 14.2 Å². The molecule has 5 nitrogen and oxygen atoms in total. The molecule has 1 heterocycles. The van der Waals surface area contributed by atoms with E-state index in [4.69, 9.17) is 14.2 Å². The zero-order valence-corrected chi connectivity index (χ0v) is 16.4. The molecule has 1 amide bonds. The van der Waals surface area contributed by atoms with E-state index >= 15 is 0 Å². The smallest absolute Gasteiger partial charge is 0.226 e. The first kappa shape index (κ1) is 18.6. The van der Waals surface area contributed by atoms with Crippen molar-refractivity contribution in [1.29, 1.82) is 0 Å². The van der Waals surface area contributed by atoms with Crippen LogP contribution in [0.4, 0.5) is 0 Å². The van der Waals surface area contributed by atoms with Gasteiger partial charge in [0.25, 0.3) is 0 Å². The molecule has 4 rings (SSSR count). The van der Waals surface area contributed by atoms with Crippen LogP contribution in [0, 0.1) is 11.8 Å². The summed E-state index contributed by atoms with van der Waals surface area (Å²) in [6.07, 6.45) is 7.77. The summed E-state index contributed by atoms with van der Waals surface area (Å²) in [7, 11) is 3.44. The zero-order chi connectivity index (χ0) is 18.8. The molecule has 1 aliphatic heterocycles. The lowest BCUT2D eigenvalue weighted by molar-refractivity contribution is -0.142. The molecular formula is C22H31NO4. The Labute approximate surface area is 162 Å². The number of ether oxygens (including phenoxy) is 3. The largest absolute Gasteiger partial charge is 0.497 e. The van der Waals surface area contributed by atoms with Gasteiger partial charge in [-0.1, -0.05) is 0 Å². The van der Waals surface area contributed by atoms with E-state index in [2.05, 4.69) is 4.90 Å². The molecule has 1 aromatic carbocycles. The van der Waals surface area contributed by atoms with Crippen LogP contribution >= 0.6 is 0 Å². The van der Waals surface area contributed by atoms with Crippen LogP contribution in [0.5, 0.6) is 11.5 Å². The molecule has 27 heavy (non-hydrogen) atoms. The highest BCUT2D eigenvalue weighted by Crippen LogP contribution is 2.44. The van der Waals surface area contributed by atoms with E-state index in [0.29, 0.717) is 30.6 Å². The monoisotopic (exact) mass is 373 g/mol. The normalized spacial score (nSPS) is 32.5. The van der Waals surface area contributed by atoms with Gasteiger partial charge in [0, 0.05) is 19.1 Å². The van der Waals surface area contributed by atoms with Crippen molar-refractivity contribution in [3.05, 3.63) is 24.3 Å². The molecule has 0 N–H and O–H groups in total. The molecule has 148 valence electrons. The molecule has 5 heteroatoms. The minimum Gasteiger partial charge on any atom is -0.497 e. The highest BCUT2D eigenvalue weighted by atomic mass is 16.5. The number of rotatable bonds is 6. The quantitative estimate of drug-likeness (QED) is 0.764. The van der Waals surface area contributed by atoms with Gasteiger partial charge in [0.2, 0.25) is 5.91 Å². The molecule has 2 saturated carbocycles. The number of likely N-dealkylation sites (tertiary alicyclic amines) is 1. The van der Waals surface area contributed by atoms with Gasteiger partial charge < -0.3 is 19.1 Å². The van der Waals surface area contributed by atoms with Crippen LogP contribution in [-0.4, -0.2) is 49.8 Å². The number of carbonyl (C=O) groups excluding carboxylic acids is 1. The first-order chi connectivity index (χ1) is 13.2. The maximum Gasteiger partial charge on any atom is 0.226 e. The predicted octanol–water partition coefficient (Wildman–Crippen LogP) is 3.66. The van der Waals surface area contributed by atoms with Gasteiger partial charge in [0.05, 0.1) is 19.3 Å². The second-order valence-electron chi connectivity index (χ2n) is 8.24. The number of amides is 1. The number of methoxy groups -OCH3 is 2. The average Bonchev–Trinajstić information content (AvgIpc) is 3.34. The third-order valence-corrected chi connectivity index (χ3v) is 6.83. The van der Waals surface area contributed by atoms with Crippen molar-refractivity contribution in [2.45, 2.75) is 63.1 Å². The number of fused-ring (bicyclic) bond motifs is 2. The van der Waals surface area contributed by atoms with Gasteiger partial charge in [-0.3, -0.25) is 4.79 Å². The molecule has 0 radical (unpaired) electrons. The maximum absolute atomic E-state index is 13.3. The molecule has 1 aromatic rings. The van der Waals surface area contributed by atoms with Gasteiger partial charge in [-0.2, -0.15) is 0 Å². The molecule has 2 bridgehead atoms. The van der Waals surface area contributed by atoms with Crippen LogP contribution in [0.1, 0.15) is 44.9 Å². The van der Waals surface area contributed by atoms with E-state index in [9.17, 15) is 4.79 Å². The topological polar surface area (TPSA) is 48.0 Å². The van der Waals surface area contributed by atoms with Crippen molar-refractivity contribution >= 4 is 5.91 Å². The number of piperidine rings is 1. The van der Waals surface area contributed by atoms with Crippen molar-refractivity contribution in [2.75, 3.05) is 20.8 Å². The van der Waals surface area contributed by atoms with Gasteiger partial charge in [0.15, 0.2) is 0 Å². The highest BCUT2D eigenvalue weighted by molar-refractivity contribution is 5.80. The highest BCUT2D eigenvalue weighted by Gasteiger charge is 2.49. The Balaban J connectivity index is 1.39. The second-order valence-corrected chi connectivity index (χ2v) is 8.24. The fourth-order valence-corrected chi connectivity index (χ4v) is 5.26. The third kappa shape index (κ3) is 3.79. The molecular weight excluding hydrogens is 342 g/mol. The van der Waals surface area contributed by atoms with Crippen molar-refractivity contribution in [2.24, 2.45) is 11.8 Å². The Morgan fingerprint density at radius 3 is 2.37 bits per heavy atom. The Hall–Kier alpha value is -1.75. The van der Waals surface area contributed by atoms with Gasteiger partial charge >= 0.3 is 0 Å². The molecule has 2 aliphatic carbocycles. The van der Waals surface area contributed by atoms with Crippen LogP contribution in [-0.2, 0) is 9.53 Å². The van der Waals surface area contributed by atoms with E-state index in [1.165, 1.54) is 6.42 Å². The summed E-state index contributed by atoms with van der Waals surface area (Å²) in [4.78, 5) is 15.5. The van der Waals surface area contributed by atoms with Crippen LogP contribution in [0.2, 0.25) is 0 Å². The molecule has 0 unspecified atom stereocenters. The van der Waals surface area contributed by atoms with E-state index < -0.39 is 0 Å². The van der Waals surface area contributed by atoms with E-state index in [1.807, 2.05) is 24.3 Å². The summed E-state index contributed by atoms with van der Waals surface area (Å²) >= 11 is 0. The van der Waals surface area contributed by atoms with Crippen molar-refractivity contribution in [1.82, 2.24) is 4.90 Å². The second kappa shape index (κ2) is 8.09. The number of carbonyl (C=O) groups is 1. The van der Waals surface area contributed by atoms with Crippen LogP contribution in [0.15, 0.2) is 24.3 Å². The number of benzene rings is 1. The maximum atomic E-state index is 13.3. The van der Waals surface area contributed by atoms with Crippen LogP contribution < -0.4 is 9.47 Å². The molecule has 3 fully saturated rings. The summed E-state index contributed by atoms with van der Waals surface area (Å²) in [6.45, 7) is 0.590. The van der Waals surface area contributed by atoms with Crippen molar-refractivity contribution in [3.63, 3.8) is 0 Å². The fourth-order valence-electron chi connectivity index (χ4n) is 5.26. The van der Waals surface area contributed by atoms with E-state index in [-0.39, 0.29) is 12.0 Å². The Morgan fingerprint density at radius 2 is 1.70 bits per heavy atom. The number of hydrogen-bond donors (Lipinski definition) is 0. The number of hydrogen-bond acceptors (Lipinski definition) is 4. The minimum atomic E-state index is 0.166. The van der Waals surface area contributed by atoms with E-state index in [0.717, 1.165) is 50.0 Å². The van der Waals surface area contributed by atoms with Gasteiger partial charge in [-0.25, -0.2) is 0 Å². The first-order valence-corrected chi connectivity index (χ1v) is 10.3. The first-order valence-electron chi connectivity index (χ1n) is 10.3. The summed E-state index contributed by atoms with van der Waals surface area (Å²) in [6, 6.07) is 8.33. The van der Waals surface area contributed by atoms with Crippen LogP contribution in [0.25, 0.3) is 0 Å². The zero-order valence-electron chi connectivity index (χ0n) is 16.4. The Morgan fingerprint density at radius 1 is 1.00 bits per heavy atom. The van der Waals surface area contributed by atoms with Crippen molar-refractivity contribution < 1.29 is 19.0 Å². The predicted molar refractivity (Wildman–Crippen MR) is 103 cm³/mol. The van der Waals surface area contributed by atoms with Gasteiger partial charge in [-0.05, 0) is 75.1 Å². The lowest BCUT2D eigenvalue weighted by Crippen LogP contribution is -2.50. The van der Waals surface area contributed by atoms with Crippen LogP contribution in [0.3, 0.4) is 0 Å². The van der Waals surface area contributed by atoms with Gasteiger partial charge in [0.1, 0.15) is 18.1 Å².